The van der Waals surface area contributed by atoms with Gasteiger partial charge in [0.15, 0.2) is 11.3 Å². The van der Waals surface area contributed by atoms with Gasteiger partial charge in [-0.3, -0.25) is 0 Å². The zero-order valence-corrected chi connectivity index (χ0v) is 15.8. The Balaban J connectivity index is 1.82. The summed E-state index contributed by atoms with van der Waals surface area (Å²) in [4.78, 5) is 19.2. The highest BCUT2D eigenvalue weighted by atomic mass is 35.5. The second-order valence-electron chi connectivity index (χ2n) is 6.61. The predicted octanol–water partition coefficient (Wildman–Crippen LogP) is 1.09. The van der Waals surface area contributed by atoms with E-state index in [9.17, 15) is 4.79 Å². The van der Waals surface area contributed by atoms with Crippen LogP contribution in [-0.2, 0) is 13.1 Å². The summed E-state index contributed by atoms with van der Waals surface area (Å²) in [7, 11) is 3.98. The number of anilines is 1. The van der Waals surface area contributed by atoms with E-state index in [1.165, 1.54) is 9.08 Å². The molecule has 0 aliphatic heterocycles. The minimum Gasteiger partial charge on any atom is -0.369 e. The van der Waals surface area contributed by atoms with Crippen LogP contribution in [0.4, 0.5) is 5.95 Å². The fourth-order valence-electron chi connectivity index (χ4n) is 2.97. The number of hydrogen-bond acceptors (Lipinski definition) is 6. The third kappa shape index (κ3) is 3.15. The Bertz CT molecular complexity index is 1190. The van der Waals surface area contributed by atoms with Gasteiger partial charge in [0.2, 0.25) is 5.95 Å². The average Bonchev–Trinajstić information content (AvgIpc) is 3.15. The minimum atomic E-state index is -0.349. The largest absolute Gasteiger partial charge is 0.369 e. The third-order valence-electron chi connectivity index (χ3n) is 4.32. The molecular formula is C17H19ClN8O. The number of fused-ring (bicyclic) bond motifs is 3. The molecule has 0 unspecified atom stereocenters. The van der Waals surface area contributed by atoms with Crippen molar-refractivity contribution in [3.8, 4) is 0 Å². The zero-order valence-electron chi connectivity index (χ0n) is 15.0. The molecule has 0 fully saturated rings. The number of hydrogen-bond donors (Lipinski definition) is 1. The molecule has 0 aliphatic rings. The molecule has 3 heterocycles. The number of nitrogens with zero attached hydrogens (tertiary/aromatic N) is 7. The molecule has 9 nitrogen and oxygen atoms in total. The summed E-state index contributed by atoms with van der Waals surface area (Å²) in [5, 5.41) is 10.1. The zero-order chi connectivity index (χ0) is 19.1. The van der Waals surface area contributed by atoms with Crippen molar-refractivity contribution < 1.29 is 0 Å². The van der Waals surface area contributed by atoms with Crippen LogP contribution in [0.2, 0.25) is 5.02 Å². The maximum absolute atomic E-state index is 12.8. The van der Waals surface area contributed by atoms with Crippen molar-refractivity contribution in [2.24, 2.45) is 0 Å². The monoisotopic (exact) mass is 386 g/mol. The molecule has 3 aromatic heterocycles. The van der Waals surface area contributed by atoms with Gasteiger partial charge in [-0.1, -0.05) is 23.7 Å². The number of halogens is 1. The Kier molecular flexibility index (Phi) is 4.33. The molecule has 1 aromatic carbocycles. The summed E-state index contributed by atoms with van der Waals surface area (Å²) >= 11 is 6.03. The fraction of sp³-hybridized carbons (Fsp3) is 0.294. The predicted molar refractivity (Wildman–Crippen MR) is 104 cm³/mol. The molecule has 0 amide bonds. The molecular weight excluding hydrogens is 368 g/mol. The van der Waals surface area contributed by atoms with E-state index in [0.29, 0.717) is 28.2 Å². The van der Waals surface area contributed by atoms with Crippen LogP contribution in [0.25, 0.3) is 16.7 Å². The molecule has 0 atom stereocenters. The van der Waals surface area contributed by atoms with Crippen molar-refractivity contribution in [1.82, 2.24) is 33.8 Å². The highest BCUT2D eigenvalue weighted by molar-refractivity contribution is 6.30. The smallest absolute Gasteiger partial charge is 0.353 e. The summed E-state index contributed by atoms with van der Waals surface area (Å²) in [6.07, 6.45) is 1.67. The van der Waals surface area contributed by atoms with Crippen LogP contribution in [0.3, 0.4) is 0 Å². The van der Waals surface area contributed by atoms with Gasteiger partial charge >= 0.3 is 5.69 Å². The molecule has 27 heavy (non-hydrogen) atoms. The minimum absolute atomic E-state index is 0.0893. The first-order valence-electron chi connectivity index (χ1n) is 8.44. The van der Waals surface area contributed by atoms with E-state index in [1.807, 2.05) is 26.2 Å². The normalized spacial score (nSPS) is 11.9. The molecule has 0 bridgehead atoms. The summed E-state index contributed by atoms with van der Waals surface area (Å²) in [6, 6.07) is 7.31. The van der Waals surface area contributed by atoms with Gasteiger partial charge < -0.3 is 10.6 Å². The maximum Gasteiger partial charge on any atom is 0.353 e. The van der Waals surface area contributed by atoms with Crippen LogP contribution in [0, 0.1) is 0 Å². The molecule has 4 aromatic rings. The first-order chi connectivity index (χ1) is 12.9. The molecule has 10 heteroatoms. The summed E-state index contributed by atoms with van der Waals surface area (Å²) in [5.74, 6) is 0.0893. The third-order valence-corrected chi connectivity index (χ3v) is 4.56. The van der Waals surface area contributed by atoms with Crippen molar-refractivity contribution in [3.63, 3.8) is 0 Å². The molecule has 0 saturated heterocycles. The lowest BCUT2D eigenvalue weighted by atomic mass is 10.2. The molecule has 140 valence electrons. The number of nitrogens with two attached hydrogens (primary N) is 1. The van der Waals surface area contributed by atoms with Gasteiger partial charge in [-0.15, -0.1) is 5.10 Å². The van der Waals surface area contributed by atoms with Crippen LogP contribution < -0.4 is 11.4 Å². The van der Waals surface area contributed by atoms with E-state index in [0.717, 1.165) is 12.1 Å². The Morgan fingerprint density at radius 2 is 2.04 bits per heavy atom. The SMILES string of the molecule is CN(C)CCn1ncc2c1nc(N)n1c(=O)n(Cc3cccc(Cl)c3)nc21. The van der Waals surface area contributed by atoms with Gasteiger partial charge in [0.05, 0.1) is 24.7 Å². The van der Waals surface area contributed by atoms with Crippen molar-refractivity contribution in [2.45, 2.75) is 13.1 Å². The maximum atomic E-state index is 12.8. The lowest BCUT2D eigenvalue weighted by molar-refractivity contribution is 0.376. The highest BCUT2D eigenvalue weighted by Gasteiger charge is 2.17. The first-order valence-corrected chi connectivity index (χ1v) is 8.81. The van der Waals surface area contributed by atoms with Crippen molar-refractivity contribution in [2.75, 3.05) is 26.4 Å². The first kappa shape index (κ1) is 17.5. The Morgan fingerprint density at radius 3 is 2.78 bits per heavy atom. The standard InChI is InChI=1S/C17H19ClN8O/c1-23(2)6-7-24-14-13(9-20-24)15-22-25(17(27)26(15)16(19)21-14)10-11-4-3-5-12(18)8-11/h3-5,8-9H,6-7,10H2,1-2H3,(H2,19,21). The number of likely N-dealkylation sites (N-methyl/N-ethyl adjacent to an activating group) is 1. The number of benzene rings is 1. The number of rotatable bonds is 5. The molecule has 0 spiro atoms. The Hall–Kier alpha value is -2.91. The summed E-state index contributed by atoms with van der Waals surface area (Å²) < 4.78 is 4.44. The quantitative estimate of drug-likeness (QED) is 0.551. The van der Waals surface area contributed by atoms with Gasteiger partial charge in [0.25, 0.3) is 0 Å². The second-order valence-corrected chi connectivity index (χ2v) is 7.04. The second kappa shape index (κ2) is 6.67. The molecule has 4 rings (SSSR count). The van der Waals surface area contributed by atoms with Crippen LogP contribution in [0.1, 0.15) is 5.56 Å². The number of nitrogen functional groups attached to an aromatic ring is 1. The lowest BCUT2D eigenvalue weighted by Gasteiger charge is -2.09. The molecule has 0 aliphatic carbocycles. The highest BCUT2D eigenvalue weighted by Crippen LogP contribution is 2.18. The van der Waals surface area contributed by atoms with Crippen molar-refractivity contribution in [1.29, 1.82) is 0 Å². The molecule has 0 radical (unpaired) electrons. The average molecular weight is 387 g/mol. The van der Waals surface area contributed by atoms with E-state index in [-0.39, 0.29) is 18.2 Å². The fourth-order valence-corrected chi connectivity index (χ4v) is 3.18. The topological polar surface area (TPSA) is 99.3 Å². The van der Waals surface area contributed by atoms with E-state index < -0.39 is 0 Å². The van der Waals surface area contributed by atoms with Gasteiger partial charge in [0.1, 0.15) is 0 Å². The van der Waals surface area contributed by atoms with Gasteiger partial charge in [-0.2, -0.15) is 10.1 Å². The van der Waals surface area contributed by atoms with Crippen LogP contribution in [0.15, 0.2) is 35.3 Å². The van der Waals surface area contributed by atoms with E-state index in [2.05, 4.69) is 20.1 Å². The van der Waals surface area contributed by atoms with E-state index in [4.69, 9.17) is 17.3 Å². The molecule has 0 saturated carbocycles. The summed E-state index contributed by atoms with van der Waals surface area (Å²) in [6.45, 7) is 1.75. The van der Waals surface area contributed by atoms with Gasteiger partial charge in [-0.05, 0) is 31.8 Å². The van der Waals surface area contributed by atoms with Gasteiger partial charge in [-0.25, -0.2) is 18.6 Å². The Morgan fingerprint density at radius 1 is 1.22 bits per heavy atom. The number of aromatic nitrogens is 6. The van der Waals surface area contributed by atoms with Crippen LogP contribution >= 0.6 is 11.6 Å². The summed E-state index contributed by atoms with van der Waals surface area (Å²) in [5.41, 5.74) is 7.65. The van der Waals surface area contributed by atoms with E-state index in [1.54, 1.807) is 23.0 Å². The van der Waals surface area contributed by atoms with Crippen LogP contribution in [-0.4, -0.2) is 54.5 Å². The van der Waals surface area contributed by atoms with E-state index >= 15 is 0 Å². The Labute approximate surface area is 159 Å². The van der Waals surface area contributed by atoms with Crippen LogP contribution in [0.5, 0.6) is 0 Å². The van der Waals surface area contributed by atoms with Gasteiger partial charge in [0, 0.05) is 11.6 Å². The lowest BCUT2D eigenvalue weighted by Crippen LogP contribution is -2.23. The van der Waals surface area contributed by atoms with Crippen molar-refractivity contribution in [3.05, 3.63) is 51.5 Å². The van der Waals surface area contributed by atoms with Crippen molar-refractivity contribution >= 4 is 34.2 Å². The molecule has 2 N–H and O–H groups in total.